The zero-order chi connectivity index (χ0) is 16.9. The molecule has 0 N–H and O–H groups in total. The number of isothiocyanates is 1. The second-order valence-electron chi connectivity index (χ2n) is 6.63. The van der Waals surface area contributed by atoms with Gasteiger partial charge in [0.15, 0.2) is 5.82 Å². The average molecular weight is 329 g/mol. The number of benzene rings is 1. The van der Waals surface area contributed by atoms with Gasteiger partial charge in [0.1, 0.15) is 0 Å². The molecule has 1 aromatic heterocycles. The van der Waals surface area contributed by atoms with Crippen molar-refractivity contribution in [1.82, 2.24) is 9.78 Å². The minimum Gasteiger partial charge on any atom is -0.372 e. The molecule has 23 heavy (non-hydrogen) atoms. The summed E-state index contributed by atoms with van der Waals surface area (Å²) in [6, 6.07) is 12.1. The lowest BCUT2D eigenvalue weighted by Crippen LogP contribution is -2.24. The van der Waals surface area contributed by atoms with Gasteiger partial charge in [0.2, 0.25) is 0 Å². The average Bonchev–Trinajstić information content (AvgIpc) is 2.89. The maximum Gasteiger partial charge on any atom is 0.184 e. The van der Waals surface area contributed by atoms with Crippen molar-refractivity contribution in [3.05, 3.63) is 47.7 Å². The summed E-state index contributed by atoms with van der Waals surface area (Å²) in [4.78, 5) is 3.99. The SMILES string of the molecule is C[C@@H](Cn1nc(N=C=S)cc1C(C)(C)C)OCc1ccccc1. The van der Waals surface area contributed by atoms with Crippen LogP contribution < -0.4 is 0 Å². The van der Waals surface area contributed by atoms with Crippen molar-refractivity contribution < 1.29 is 4.74 Å². The van der Waals surface area contributed by atoms with Gasteiger partial charge in [-0.25, -0.2) is 0 Å². The quantitative estimate of drug-likeness (QED) is 0.578. The fourth-order valence-corrected chi connectivity index (χ4v) is 2.45. The Morgan fingerprint density at radius 2 is 2.00 bits per heavy atom. The van der Waals surface area contributed by atoms with E-state index in [0.29, 0.717) is 19.0 Å². The Labute approximate surface area is 143 Å². The fraction of sp³-hybridized carbons (Fsp3) is 0.444. The van der Waals surface area contributed by atoms with Crippen LogP contribution in [0.25, 0.3) is 0 Å². The number of ether oxygens (including phenoxy) is 1. The first kappa shape index (κ1) is 17.5. The first-order valence-corrected chi connectivity index (χ1v) is 8.12. The zero-order valence-electron chi connectivity index (χ0n) is 14.1. The molecular formula is C18H23N3OS. The van der Waals surface area contributed by atoms with Crippen LogP contribution in [0.4, 0.5) is 5.82 Å². The molecule has 0 fully saturated rings. The fourth-order valence-electron chi connectivity index (χ4n) is 2.36. The number of nitrogens with zero attached hydrogens (tertiary/aromatic N) is 3. The van der Waals surface area contributed by atoms with Crippen molar-refractivity contribution in [3.63, 3.8) is 0 Å². The highest BCUT2D eigenvalue weighted by atomic mass is 32.1. The molecule has 1 atom stereocenters. The Balaban J connectivity index is 2.07. The minimum absolute atomic E-state index is 0.0264. The molecule has 5 heteroatoms. The summed E-state index contributed by atoms with van der Waals surface area (Å²) in [5.41, 5.74) is 2.25. The van der Waals surface area contributed by atoms with Gasteiger partial charge in [0.05, 0.1) is 24.4 Å². The van der Waals surface area contributed by atoms with Crippen LogP contribution in [0.3, 0.4) is 0 Å². The van der Waals surface area contributed by atoms with Crippen LogP contribution in [0.15, 0.2) is 41.4 Å². The maximum absolute atomic E-state index is 5.94. The van der Waals surface area contributed by atoms with Crippen LogP contribution in [0.2, 0.25) is 0 Å². The van der Waals surface area contributed by atoms with Gasteiger partial charge in [-0.05, 0) is 24.7 Å². The summed E-state index contributed by atoms with van der Waals surface area (Å²) in [6.45, 7) is 9.79. The Kier molecular flexibility index (Phi) is 5.83. The highest BCUT2D eigenvalue weighted by molar-refractivity contribution is 7.78. The molecule has 2 aromatic rings. The van der Waals surface area contributed by atoms with Gasteiger partial charge in [0.25, 0.3) is 0 Å². The maximum atomic E-state index is 5.94. The Bertz CT molecular complexity index is 682. The number of rotatable bonds is 6. The second-order valence-corrected chi connectivity index (χ2v) is 6.81. The number of aliphatic imine (C=N–C) groups is 1. The molecule has 0 amide bonds. The molecule has 122 valence electrons. The van der Waals surface area contributed by atoms with Crippen molar-refractivity contribution in [1.29, 1.82) is 0 Å². The topological polar surface area (TPSA) is 39.4 Å². The van der Waals surface area contributed by atoms with E-state index < -0.39 is 0 Å². The molecule has 1 heterocycles. The Morgan fingerprint density at radius 1 is 1.30 bits per heavy atom. The van der Waals surface area contributed by atoms with Crippen LogP contribution >= 0.6 is 12.2 Å². The van der Waals surface area contributed by atoms with E-state index in [2.05, 4.69) is 67.3 Å². The number of hydrogen-bond acceptors (Lipinski definition) is 4. The Morgan fingerprint density at radius 3 is 2.61 bits per heavy atom. The third-order valence-electron chi connectivity index (χ3n) is 3.50. The monoisotopic (exact) mass is 329 g/mol. The van der Waals surface area contributed by atoms with Crippen molar-refractivity contribution >= 4 is 23.2 Å². The van der Waals surface area contributed by atoms with E-state index in [9.17, 15) is 0 Å². The van der Waals surface area contributed by atoms with E-state index in [1.54, 1.807) is 0 Å². The van der Waals surface area contributed by atoms with Crippen LogP contribution in [0.1, 0.15) is 39.0 Å². The van der Waals surface area contributed by atoms with Gasteiger partial charge in [0, 0.05) is 17.2 Å². The van der Waals surface area contributed by atoms with Gasteiger partial charge in [-0.3, -0.25) is 4.68 Å². The molecule has 4 nitrogen and oxygen atoms in total. The highest BCUT2D eigenvalue weighted by Gasteiger charge is 2.22. The summed E-state index contributed by atoms with van der Waals surface area (Å²) in [5.74, 6) is 0.597. The molecule has 0 bridgehead atoms. The largest absolute Gasteiger partial charge is 0.372 e. The molecule has 0 aliphatic rings. The molecule has 0 saturated heterocycles. The highest BCUT2D eigenvalue weighted by Crippen LogP contribution is 2.26. The molecule has 0 unspecified atom stereocenters. The van der Waals surface area contributed by atoms with Gasteiger partial charge >= 0.3 is 0 Å². The van der Waals surface area contributed by atoms with E-state index in [-0.39, 0.29) is 11.5 Å². The van der Waals surface area contributed by atoms with Crippen molar-refractivity contribution in [2.75, 3.05) is 0 Å². The summed E-state index contributed by atoms with van der Waals surface area (Å²) >= 11 is 4.67. The molecule has 0 aliphatic carbocycles. The third-order valence-corrected chi connectivity index (χ3v) is 3.59. The molecule has 0 spiro atoms. The number of hydrogen-bond donors (Lipinski definition) is 0. The van der Waals surface area contributed by atoms with E-state index in [0.717, 1.165) is 5.69 Å². The Hall–Kier alpha value is -1.81. The lowest BCUT2D eigenvalue weighted by Gasteiger charge is -2.22. The lowest BCUT2D eigenvalue weighted by molar-refractivity contribution is 0.0386. The van der Waals surface area contributed by atoms with Crippen molar-refractivity contribution in [2.45, 2.75) is 52.4 Å². The van der Waals surface area contributed by atoms with Crippen LogP contribution in [0.5, 0.6) is 0 Å². The number of aromatic nitrogens is 2. The summed E-state index contributed by atoms with van der Waals surface area (Å²) in [6.07, 6.45) is 0.0421. The minimum atomic E-state index is -0.0264. The molecule has 2 rings (SSSR count). The summed E-state index contributed by atoms with van der Waals surface area (Å²) in [7, 11) is 0. The first-order chi connectivity index (χ1) is 10.9. The molecule has 0 aliphatic heterocycles. The van der Waals surface area contributed by atoms with E-state index in [4.69, 9.17) is 4.74 Å². The second kappa shape index (κ2) is 7.64. The predicted octanol–water partition coefficient (Wildman–Crippen LogP) is 4.52. The van der Waals surface area contributed by atoms with Gasteiger partial charge in [-0.2, -0.15) is 10.1 Å². The van der Waals surface area contributed by atoms with Gasteiger partial charge in [-0.1, -0.05) is 51.1 Å². The molecular weight excluding hydrogens is 306 g/mol. The summed E-state index contributed by atoms with van der Waals surface area (Å²) in [5, 5.41) is 6.88. The normalized spacial score (nSPS) is 12.7. The standard InChI is InChI=1S/C18H23N3OS/c1-14(22-12-15-8-6-5-7-9-15)11-21-16(18(2,3)4)10-17(20-21)19-13-23/h5-10,14H,11-12H2,1-4H3/t14-/m0/s1. The zero-order valence-corrected chi connectivity index (χ0v) is 14.9. The molecule has 0 saturated carbocycles. The lowest BCUT2D eigenvalue weighted by atomic mass is 9.92. The number of thiocarbonyl (C=S) groups is 1. The molecule has 1 aromatic carbocycles. The predicted molar refractivity (Wildman–Crippen MR) is 96.3 cm³/mol. The van der Waals surface area contributed by atoms with Crippen molar-refractivity contribution in [2.24, 2.45) is 4.99 Å². The van der Waals surface area contributed by atoms with Crippen molar-refractivity contribution in [3.8, 4) is 0 Å². The van der Waals surface area contributed by atoms with Gasteiger partial charge in [-0.15, -0.1) is 0 Å². The van der Waals surface area contributed by atoms with E-state index in [1.807, 2.05) is 28.9 Å². The van der Waals surface area contributed by atoms with E-state index in [1.165, 1.54) is 5.56 Å². The van der Waals surface area contributed by atoms with Gasteiger partial charge < -0.3 is 4.74 Å². The van der Waals surface area contributed by atoms with Crippen LogP contribution in [-0.4, -0.2) is 21.0 Å². The molecule has 0 radical (unpaired) electrons. The van der Waals surface area contributed by atoms with E-state index >= 15 is 0 Å². The smallest absolute Gasteiger partial charge is 0.184 e. The van der Waals surface area contributed by atoms with Crippen LogP contribution in [0, 0.1) is 0 Å². The van der Waals surface area contributed by atoms with Crippen LogP contribution in [-0.2, 0) is 23.3 Å². The first-order valence-electron chi connectivity index (χ1n) is 7.72. The summed E-state index contributed by atoms with van der Waals surface area (Å²) < 4.78 is 7.90. The third kappa shape index (κ3) is 5.10.